The summed E-state index contributed by atoms with van der Waals surface area (Å²) in [5, 5.41) is 11.2. The van der Waals surface area contributed by atoms with Crippen LogP contribution in [0.4, 0.5) is 11.4 Å². The van der Waals surface area contributed by atoms with Gasteiger partial charge in [0.05, 0.1) is 17.7 Å². The summed E-state index contributed by atoms with van der Waals surface area (Å²) in [6.45, 7) is 3.85. The molecule has 4 rings (SSSR count). The van der Waals surface area contributed by atoms with Crippen molar-refractivity contribution in [1.82, 2.24) is 4.98 Å². The SMILES string of the molecule is CC(C)Oc1ccc(/C(O)=C2\C(=O)C(=O)N(c3ccc(N(C)C)cc3)C2c2cccnc2)cc1. The molecule has 1 atom stereocenters. The smallest absolute Gasteiger partial charge is 0.300 e. The number of nitrogens with zero attached hydrogens (tertiary/aromatic N) is 3. The van der Waals surface area contributed by atoms with E-state index >= 15 is 0 Å². The van der Waals surface area contributed by atoms with E-state index in [9.17, 15) is 14.7 Å². The van der Waals surface area contributed by atoms with E-state index in [1.807, 2.05) is 45.0 Å². The normalized spacial score (nSPS) is 17.3. The Morgan fingerprint density at radius 1 is 1.03 bits per heavy atom. The number of Topliss-reactive ketones (excluding diaryl/α,β-unsaturated/α-hetero) is 1. The second-order valence-electron chi connectivity index (χ2n) is 8.56. The molecule has 0 bridgehead atoms. The number of carbonyl (C=O) groups is 2. The van der Waals surface area contributed by atoms with E-state index in [0.717, 1.165) is 5.69 Å². The van der Waals surface area contributed by atoms with Crippen LogP contribution in [0.3, 0.4) is 0 Å². The van der Waals surface area contributed by atoms with Crippen molar-refractivity contribution in [2.45, 2.75) is 26.0 Å². The van der Waals surface area contributed by atoms with Gasteiger partial charge in [0.2, 0.25) is 0 Å². The molecule has 1 fully saturated rings. The van der Waals surface area contributed by atoms with Gasteiger partial charge in [-0.05, 0) is 74.0 Å². The van der Waals surface area contributed by atoms with Crippen LogP contribution < -0.4 is 14.5 Å². The van der Waals surface area contributed by atoms with Crippen LogP contribution >= 0.6 is 0 Å². The third-order valence-corrected chi connectivity index (χ3v) is 5.59. The number of rotatable bonds is 6. The fourth-order valence-electron chi connectivity index (χ4n) is 3.98. The topological polar surface area (TPSA) is 83.0 Å². The first kappa shape index (κ1) is 23.0. The Morgan fingerprint density at radius 3 is 2.26 bits per heavy atom. The molecule has 2 aromatic carbocycles. The first-order chi connectivity index (χ1) is 16.3. The second-order valence-corrected chi connectivity index (χ2v) is 8.56. The summed E-state index contributed by atoms with van der Waals surface area (Å²) in [5.74, 6) is -1.04. The monoisotopic (exact) mass is 457 g/mol. The van der Waals surface area contributed by atoms with Gasteiger partial charge in [0.25, 0.3) is 11.7 Å². The van der Waals surface area contributed by atoms with Gasteiger partial charge >= 0.3 is 0 Å². The van der Waals surface area contributed by atoms with Crippen LogP contribution in [0.2, 0.25) is 0 Å². The van der Waals surface area contributed by atoms with Crippen molar-refractivity contribution >= 4 is 28.8 Å². The molecule has 1 aromatic heterocycles. The molecule has 174 valence electrons. The highest BCUT2D eigenvalue weighted by Gasteiger charge is 2.47. The molecule has 1 unspecified atom stereocenters. The van der Waals surface area contributed by atoms with Crippen LogP contribution in [-0.2, 0) is 9.59 Å². The number of amides is 1. The molecule has 1 saturated heterocycles. The fourth-order valence-corrected chi connectivity index (χ4v) is 3.98. The van der Waals surface area contributed by atoms with Crippen molar-refractivity contribution in [3.63, 3.8) is 0 Å². The van der Waals surface area contributed by atoms with Crippen molar-refractivity contribution in [3.8, 4) is 5.75 Å². The number of ether oxygens (including phenoxy) is 1. The summed E-state index contributed by atoms with van der Waals surface area (Å²) in [4.78, 5) is 34.0. The summed E-state index contributed by atoms with van der Waals surface area (Å²) in [6.07, 6.45) is 3.23. The van der Waals surface area contributed by atoms with Crippen LogP contribution in [-0.4, -0.2) is 42.0 Å². The van der Waals surface area contributed by atoms with E-state index in [0.29, 0.717) is 22.6 Å². The van der Waals surface area contributed by atoms with Gasteiger partial charge in [-0.1, -0.05) is 6.07 Å². The van der Waals surface area contributed by atoms with E-state index in [4.69, 9.17) is 4.74 Å². The number of aliphatic hydroxyl groups excluding tert-OH is 1. The standard InChI is InChI=1S/C27H27N3O4/c1-17(2)34-22-13-7-18(8-14-22)25(31)23-24(19-6-5-15-28-16-19)30(27(33)26(23)32)21-11-9-20(10-12-21)29(3)4/h5-17,24,31H,1-4H3/b25-23+. The maximum Gasteiger partial charge on any atom is 0.300 e. The molecule has 1 N–H and O–H groups in total. The largest absolute Gasteiger partial charge is 0.507 e. The van der Waals surface area contributed by atoms with E-state index in [2.05, 4.69) is 4.98 Å². The molecule has 0 radical (unpaired) electrons. The van der Waals surface area contributed by atoms with Crippen LogP contribution in [0.5, 0.6) is 5.75 Å². The van der Waals surface area contributed by atoms with Gasteiger partial charge in [0.15, 0.2) is 0 Å². The van der Waals surface area contributed by atoms with Gasteiger partial charge in [-0.3, -0.25) is 19.5 Å². The number of hydrogen-bond acceptors (Lipinski definition) is 6. The molecule has 3 aromatic rings. The molecule has 2 heterocycles. The maximum absolute atomic E-state index is 13.2. The minimum absolute atomic E-state index is 0.00855. The van der Waals surface area contributed by atoms with Crippen molar-refractivity contribution < 1.29 is 19.4 Å². The fraction of sp³-hybridized carbons (Fsp3) is 0.222. The highest BCUT2D eigenvalue weighted by Crippen LogP contribution is 2.42. The molecule has 0 spiro atoms. The number of carbonyl (C=O) groups excluding carboxylic acids is 2. The number of ketones is 1. The van der Waals surface area contributed by atoms with E-state index in [1.54, 1.807) is 60.9 Å². The lowest BCUT2D eigenvalue weighted by Gasteiger charge is -2.25. The Bertz CT molecular complexity index is 1220. The summed E-state index contributed by atoms with van der Waals surface area (Å²) in [5.41, 5.74) is 2.58. The molecule has 1 aliphatic heterocycles. The third-order valence-electron chi connectivity index (χ3n) is 5.59. The van der Waals surface area contributed by atoms with Crippen molar-refractivity contribution in [1.29, 1.82) is 0 Å². The quantitative estimate of drug-likeness (QED) is 0.332. The molecule has 34 heavy (non-hydrogen) atoms. The minimum Gasteiger partial charge on any atom is -0.507 e. The molecule has 1 amide bonds. The number of benzene rings is 2. The first-order valence-corrected chi connectivity index (χ1v) is 11.0. The molecule has 0 saturated carbocycles. The first-order valence-electron chi connectivity index (χ1n) is 11.0. The van der Waals surface area contributed by atoms with E-state index in [1.165, 1.54) is 4.90 Å². The number of pyridine rings is 1. The summed E-state index contributed by atoms with van der Waals surface area (Å²) < 4.78 is 5.67. The van der Waals surface area contributed by atoms with Crippen LogP contribution in [0.15, 0.2) is 78.6 Å². The lowest BCUT2D eigenvalue weighted by molar-refractivity contribution is -0.132. The highest BCUT2D eigenvalue weighted by atomic mass is 16.5. The van der Waals surface area contributed by atoms with Gasteiger partial charge in [-0.15, -0.1) is 0 Å². The van der Waals surface area contributed by atoms with Crippen LogP contribution in [0.25, 0.3) is 5.76 Å². The predicted molar refractivity (Wildman–Crippen MR) is 132 cm³/mol. The average Bonchev–Trinajstić information content (AvgIpc) is 3.10. The number of aliphatic hydroxyl groups is 1. The van der Waals surface area contributed by atoms with Crippen LogP contribution in [0, 0.1) is 0 Å². The van der Waals surface area contributed by atoms with Gasteiger partial charge in [-0.2, -0.15) is 0 Å². The van der Waals surface area contributed by atoms with Crippen molar-refractivity contribution in [2.24, 2.45) is 0 Å². The molecular formula is C27H27N3O4. The summed E-state index contributed by atoms with van der Waals surface area (Å²) >= 11 is 0. The Hall–Kier alpha value is -4.13. The Balaban J connectivity index is 1.82. The average molecular weight is 458 g/mol. The van der Waals surface area contributed by atoms with Crippen molar-refractivity contribution in [2.75, 3.05) is 23.9 Å². The molecule has 7 nitrogen and oxygen atoms in total. The molecule has 1 aliphatic rings. The van der Waals surface area contributed by atoms with E-state index in [-0.39, 0.29) is 17.4 Å². The number of aromatic nitrogens is 1. The lowest BCUT2D eigenvalue weighted by atomic mass is 9.96. The third kappa shape index (κ3) is 4.37. The highest BCUT2D eigenvalue weighted by molar-refractivity contribution is 6.51. The zero-order chi connectivity index (χ0) is 24.4. The minimum atomic E-state index is -0.814. The zero-order valence-electron chi connectivity index (χ0n) is 19.6. The zero-order valence-corrected chi connectivity index (χ0v) is 19.6. The van der Waals surface area contributed by atoms with Gasteiger partial charge < -0.3 is 14.7 Å². The Labute approximate surface area is 198 Å². The number of anilines is 2. The van der Waals surface area contributed by atoms with Gasteiger partial charge in [-0.25, -0.2) is 0 Å². The van der Waals surface area contributed by atoms with Crippen molar-refractivity contribution in [3.05, 3.63) is 89.8 Å². The molecule has 0 aliphatic carbocycles. The Kier molecular flexibility index (Phi) is 6.36. The predicted octanol–water partition coefficient (Wildman–Crippen LogP) is 4.56. The van der Waals surface area contributed by atoms with Gasteiger partial charge in [0, 0.05) is 43.4 Å². The van der Waals surface area contributed by atoms with E-state index < -0.39 is 17.7 Å². The summed E-state index contributed by atoms with van der Waals surface area (Å²) in [6, 6.07) is 16.9. The second kappa shape index (κ2) is 9.39. The maximum atomic E-state index is 13.2. The molecular weight excluding hydrogens is 430 g/mol. The van der Waals surface area contributed by atoms with Crippen LogP contribution in [0.1, 0.15) is 31.0 Å². The lowest BCUT2D eigenvalue weighted by Crippen LogP contribution is -2.29. The summed E-state index contributed by atoms with van der Waals surface area (Å²) in [7, 11) is 3.85. The van der Waals surface area contributed by atoms with Gasteiger partial charge in [0.1, 0.15) is 11.5 Å². The number of hydrogen-bond donors (Lipinski definition) is 1. The Morgan fingerprint density at radius 2 is 1.71 bits per heavy atom. The molecule has 7 heteroatoms.